The lowest BCUT2D eigenvalue weighted by molar-refractivity contribution is -0.282. The molecule has 2 saturated carbocycles. The molecule has 0 radical (unpaired) electrons. The molecule has 160 valence electrons. The topological polar surface area (TPSA) is 78.9 Å². The fourth-order valence-electron chi connectivity index (χ4n) is 7.55. The molecule has 0 aromatic heterocycles. The average molecular weight is 405 g/mol. The van der Waals surface area contributed by atoms with Crippen LogP contribution < -0.4 is 0 Å². The Balaban J connectivity index is 1.95. The summed E-state index contributed by atoms with van der Waals surface area (Å²) in [4.78, 5) is 38.0. The van der Waals surface area contributed by atoms with Crippen LogP contribution in [-0.2, 0) is 28.6 Å². The van der Waals surface area contributed by atoms with E-state index in [1.165, 1.54) is 6.92 Å². The lowest BCUT2D eigenvalue weighted by Gasteiger charge is -2.68. The predicted octanol–water partition coefficient (Wildman–Crippen LogP) is 2.94. The van der Waals surface area contributed by atoms with Crippen molar-refractivity contribution >= 4 is 17.7 Å². The number of carbonyl (C=O) groups excluding carboxylic acids is 3. The standard InChI is InChI=1S/C23H32O6/c1-11-7-8-16(25)22(4)14(11)9-17-23(5)15(10-18(26)29-17)12(2)19(27-6)20(21(22)23)28-13(3)24/h7-8,11-12,14-15,17,19-21H,9-10H2,1-6H3/t11-,12-,14+,15+,17-,19+,20-,21-,22-,23-/m1/s1. The van der Waals surface area contributed by atoms with E-state index in [2.05, 4.69) is 20.8 Å². The zero-order valence-corrected chi connectivity index (χ0v) is 18.1. The minimum atomic E-state index is -0.710. The number of hydrogen-bond donors (Lipinski definition) is 0. The molecule has 4 rings (SSSR count). The highest BCUT2D eigenvalue weighted by atomic mass is 16.6. The third kappa shape index (κ3) is 2.60. The number of fused-ring (bicyclic) bond motifs is 2. The van der Waals surface area contributed by atoms with Gasteiger partial charge in [0.15, 0.2) is 5.78 Å². The molecule has 0 aromatic carbocycles. The Labute approximate surface area is 172 Å². The Hall–Kier alpha value is -1.69. The largest absolute Gasteiger partial charge is 0.462 e. The summed E-state index contributed by atoms with van der Waals surface area (Å²) in [5.74, 6) is -0.608. The Bertz CT molecular complexity index is 773. The monoisotopic (exact) mass is 404 g/mol. The average Bonchev–Trinajstić information content (AvgIpc) is 2.63. The first kappa shape index (κ1) is 20.6. The molecule has 0 bridgehead atoms. The van der Waals surface area contributed by atoms with Crippen molar-refractivity contribution in [1.29, 1.82) is 0 Å². The quantitative estimate of drug-likeness (QED) is 0.659. The SMILES string of the molecule is CO[C@H]1[C@H](C)[C@@H]2CC(=O)O[C@@H]3C[C@H]4[C@H](C)C=CC(=O)[C@]4(C)[C@@H]([C@@H]1OC(C)=O)[C@@]32C. The highest BCUT2D eigenvalue weighted by Crippen LogP contribution is 2.68. The lowest BCUT2D eigenvalue weighted by Crippen LogP contribution is -2.73. The zero-order chi connectivity index (χ0) is 21.3. The molecule has 6 heteroatoms. The molecule has 0 amide bonds. The van der Waals surface area contributed by atoms with Crippen molar-refractivity contribution in [3.63, 3.8) is 0 Å². The summed E-state index contributed by atoms with van der Waals surface area (Å²) in [5.41, 5.74) is -1.17. The van der Waals surface area contributed by atoms with Gasteiger partial charge in [0.25, 0.3) is 0 Å². The minimum absolute atomic E-state index is 0.00213. The van der Waals surface area contributed by atoms with Crippen LogP contribution in [0.1, 0.15) is 47.5 Å². The summed E-state index contributed by atoms with van der Waals surface area (Å²) in [6.07, 6.45) is 3.37. The van der Waals surface area contributed by atoms with Crippen molar-refractivity contribution in [3.8, 4) is 0 Å². The number of allylic oxidation sites excluding steroid dienone is 2. The van der Waals surface area contributed by atoms with Crippen LogP contribution in [0.4, 0.5) is 0 Å². The second-order valence-corrected chi connectivity index (χ2v) is 9.97. The van der Waals surface area contributed by atoms with Crippen molar-refractivity contribution in [2.45, 2.75) is 65.8 Å². The van der Waals surface area contributed by atoms with E-state index in [0.29, 0.717) is 12.8 Å². The van der Waals surface area contributed by atoms with Crippen LogP contribution >= 0.6 is 0 Å². The number of ketones is 1. The minimum Gasteiger partial charge on any atom is -0.462 e. The predicted molar refractivity (Wildman–Crippen MR) is 105 cm³/mol. The summed E-state index contributed by atoms with van der Waals surface area (Å²) >= 11 is 0. The van der Waals surface area contributed by atoms with Gasteiger partial charge in [0.1, 0.15) is 12.2 Å². The molecule has 29 heavy (non-hydrogen) atoms. The van der Waals surface area contributed by atoms with Gasteiger partial charge >= 0.3 is 11.9 Å². The van der Waals surface area contributed by atoms with E-state index in [1.54, 1.807) is 13.2 Å². The fourth-order valence-corrected chi connectivity index (χ4v) is 7.55. The van der Waals surface area contributed by atoms with Gasteiger partial charge in [-0.3, -0.25) is 14.4 Å². The van der Waals surface area contributed by atoms with E-state index in [9.17, 15) is 14.4 Å². The van der Waals surface area contributed by atoms with Crippen molar-refractivity contribution in [2.75, 3.05) is 7.11 Å². The normalized spacial score (nSPS) is 51.0. The van der Waals surface area contributed by atoms with Crippen LogP contribution in [0.3, 0.4) is 0 Å². The molecule has 3 fully saturated rings. The van der Waals surface area contributed by atoms with Gasteiger partial charge in [0, 0.05) is 37.2 Å². The third-order valence-electron chi connectivity index (χ3n) is 8.80. The van der Waals surface area contributed by atoms with Crippen LogP contribution in [-0.4, -0.2) is 43.1 Å². The molecule has 0 aromatic rings. The van der Waals surface area contributed by atoms with Crippen LogP contribution in [0.15, 0.2) is 12.2 Å². The molecule has 3 aliphatic carbocycles. The first-order valence-corrected chi connectivity index (χ1v) is 10.7. The Morgan fingerprint density at radius 2 is 1.86 bits per heavy atom. The Kier molecular flexibility index (Phi) is 4.72. The van der Waals surface area contributed by atoms with E-state index < -0.39 is 16.9 Å². The maximum absolute atomic E-state index is 13.4. The van der Waals surface area contributed by atoms with E-state index >= 15 is 0 Å². The molecule has 0 N–H and O–H groups in total. The lowest BCUT2D eigenvalue weighted by atomic mass is 9.38. The number of rotatable bonds is 2. The maximum Gasteiger partial charge on any atom is 0.306 e. The molecule has 0 unspecified atom stereocenters. The molecule has 1 heterocycles. The number of methoxy groups -OCH3 is 1. The second kappa shape index (κ2) is 6.66. The third-order valence-corrected chi connectivity index (χ3v) is 8.80. The molecular formula is C23H32O6. The van der Waals surface area contributed by atoms with Gasteiger partial charge in [0.05, 0.1) is 6.10 Å². The molecular weight excluding hydrogens is 372 g/mol. The van der Waals surface area contributed by atoms with Crippen molar-refractivity contribution in [2.24, 2.45) is 40.4 Å². The first-order valence-electron chi connectivity index (χ1n) is 10.7. The number of carbonyl (C=O) groups is 3. The first-order chi connectivity index (χ1) is 13.6. The summed E-state index contributed by atoms with van der Waals surface area (Å²) in [7, 11) is 1.62. The highest BCUT2D eigenvalue weighted by Gasteiger charge is 2.73. The van der Waals surface area contributed by atoms with Gasteiger partial charge in [-0.1, -0.05) is 33.8 Å². The van der Waals surface area contributed by atoms with Crippen molar-refractivity contribution in [1.82, 2.24) is 0 Å². The van der Waals surface area contributed by atoms with Gasteiger partial charge in [0.2, 0.25) is 0 Å². The molecule has 1 saturated heterocycles. The number of hydrogen-bond acceptors (Lipinski definition) is 6. The van der Waals surface area contributed by atoms with Gasteiger partial charge in [-0.2, -0.15) is 0 Å². The molecule has 6 nitrogen and oxygen atoms in total. The van der Waals surface area contributed by atoms with Crippen molar-refractivity contribution < 1.29 is 28.6 Å². The van der Waals surface area contributed by atoms with E-state index in [-0.39, 0.29) is 59.5 Å². The van der Waals surface area contributed by atoms with Crippen LogP contribution in [0.5, 0.6) is 0 Å². The molecule has 4 aliphatic rings. The van der Waals surface area contributed by atoms with Gasteiger partial charge in [-0.25, -0.2) is 0 Å². The Morgan fingerprint density at radius 1 is 1.17 bits per heavy atom. The van der Waals surface area contributed by atoms with Gasteiger partial charge in [-0.05, 0) is 36.2 Å². The number of esters is 2. The van der Waals surface area contributed by atoms with E-state index in [4.69, 9.17) is 14.2 Å². The van der Waals surface area contributed by atoms with Crippen LogP contribution in [0.2, 0.25) is 0 Å². The van der Waals surface area contributed by atoms with E-state index in [0.717, 1.165) is 0 Å². The maximum atomic E-state index is 13.4. The van der Waals surface area contributed by atoms with E-state index in [1.807, 2.05) is 13.0 Å². The second-order valence-electron chi connectivity index (χ2n) is 9.97. The molecule has 0 spiro atoms. The van der Waals surface area contributed by atoms with Crippen molar-refractivity contribution in [3.05, 3.63) is 12.2 Å². The number of ether oxygens (including phenoxy) is 3. The molecule has 1 aliphatic heterocycles. The molecule has 10 atom stereocenters. The van der Waals surface area contributed by atoms with Crippen LogP contribution in [0, 0.1) is 40.4 Å². The van der Waals surface area contributed by atoms with Crippen LogP contribution in [0.25, 0.3) is 0 Å². The smallest absolute Gasteiger partial charge is 0.306 e. The Morgan fingerprint density at radius 3 is 2.48 bits per heavy atom. The summed E-state index contributed by atoms with van der Waals surface area (Å²) in [6, 6.07) is 0. The summed E-state index contributed by atoms with van der Waals surface area (Å²) in [6.45, 7) is 9.73. The zero-order valence-electron chi connectivity index (χ0n) is 18.1. The summed E-state index contributed by atoms with van der Waals surface area (Å²) in [5, 5.41) is 0. The van der Waals surface area contributed by atoms with Gasteiger partial charge in [-0.15, -0.1) is 0 Å². The summed E-state index contributed by atoms with van der Waals surface area (Å²) < 4.78 is 17.7. The highest BCUT2D eigenvalue weighted by molar-refractivity contribution is 5.96. The van der Waals surface area contributed by atoms with Gasteiger partial charge < -0.3 is 14.2 Å². The fraction of sp³-hybridized carbons (Fsp3) is 0.783.